The van der Waals surface area contributed by atoms with Gasteiger partial charge in [0.05, 0.1) is 17.6 Å². The van der Waals surface area contributed by atoms with Crippen molar-refractivity contribution in [1.29, 1.82) is 0 Å². The van der Waals surface area contributed by atoms with Crippen LogP contribution in [-0.4, -0.2) is 64.9 Å². The van der Waals surface area contributed by atoms with Crippen LogP contribution in [0.3, 0.4) is 0 Å². The fourth-order valence-corrected chi connectivity index (χ4v) is 6.72. The van der Waals surface area contributed by atoms with Crippen LogP contribution >= 0.6 is 23.4 Å². The van der Waals surface area contributed by atoms with E-state index in [2.05, 4.69) is 0 Å². The van der Waals surface area contributed by atoms with E-state index in [0.717, 1.165) is 16.2 Å². The van der Waals surface area contributed by atoms with Crippen molar-refractivity contribution >= 4 is 58.8 Å². The Bertz CT molecular complexity index is 1760. The van der Waals surface area contributed by atoms with Crippen LogP contribution in [0.5, 0.6) is 0 Å². The lowest BCUT2D eigenvalue weighted by molar-refractivity contribution is -0.151. The van der Waals surface area contributed by atoms with Crippen molar-refractivity contribution in [2.75, 3.05) is 20.2 Å². The number of methoxy groups -OCH3 is 1. The molecule has 5 rings (SSSR count). The molecule has 2 fully saturated rings. The largest absolute Gasteiger partial charge is 0.467 e. The van der Waals surface area contributed by atoms with E-state index in [0.29, 0.717) is 35.5 Å². The van der Waals surface area contributed by atoms with E-state index in [1.807, 2.05) is 0 Å². The van der Waals surface area contributed by atoms with E-state index < -0.39 is 52.5 Å². The van der Waals surface area contributed by atoms with Gasteiger partial charge in [-0.1, -0.05) is 17.7 Å². The summed E-state index contributed by atoms with van der Waals surface area (Å²) >= 11 is 6.51. The Morgan fingerprint density at radius 2 is 1.80 bits per heavy atom. The standard InChI is InChI=1S/C32H32ClF3N3O6S/c1-31(2,3)45-29(42)37-11-9-19(10-12-37)26(28(41)44-4)39-27(40)25(46-30(39)43)14-18-5-8-24-21(13-18)17-38(24)16-20-6-7-22(33)15-23(20)32(34,35)36/h5-8,13-15,17,19,26H,9-12,16H2,1-4H3/q+1. The predicted octanol–water partition coefficient (Wildman–Crippen LogP) is 5.03. The molecule has 3 heterocycles. The van der Waals surface area contributed by atoms with Crippen LogP contribution in [0.4, 0.5) is 22.8 Å². The number of alkyl halides is 3. The minimum Gasteiger partial charge on any atom is -0.467 e. The Morgan fingerprint density at radius 1 is 1.11 bits per heavy atom. The highest BCUT2D eigenvalue weighted by atomic mass is 35.5. The molecule has 0 radical (unpaired) electrons. The first-order valence-electron chi connectivity index (χ1n) is 14.5. The Hall–Kier alpha value is -3.84. The number of likely N-dealkylation sites (tertiary alicyclic amines) is 1. The number of carbonyl (C=O) groups is 4. The van der Waals surface area contributed by atoms with Crippen LogP contribution in [0.15, 0.2) is 41.3 Å². The summed E-state index contributed by atoms with van der Waals surface area (Å²) in [5, 5.41) is 0.849. The zero-order valence-corrected chi connectivity index (χ0v) is 27.1. The zero-order valence-electron chi connectivity index (χ0n) is 25.5. The number of imide groups is 1. The van der Waals surface area contributed by atoms with Gasteiger partial charge in [0.15, 0.2) is 12.7 Å². The maximum absolute atomic E-state index is 13.5. The van der Waals surface area contributed by atoms with Crippen LogP contribution < -0.4 is 15.2 Å². The number of hydrogen-bond acceptors (Lipinski definition) is 7. The number of fused-ring (bicyclic) bond motifs is 1. The van der Waals surface area contributed by atoms with Crippen LogP contribution in [-0.2, 0) is 31.8 Å². The fraction of sp³-hybridized carbons (Fsp3) is 0.406. The molecule has 0 spiro atoms. The molecule has 46 heavy (non-hydrogen) atoms. The van der Waals surface area contributed by atoms with Gasteiger partial charge in [0, 0.05) is 29.7 Å². The molecule has 14 heteroatoms. The molecule has 0 aromatic heterocycles. The first-order valence-corrected chi connectivity index (χ1v) is 15.7. The lowest BCUT2D eigenvalue weighted by atomic mass is 9.88. The highest BCUT2D eigenvalue weighted by Crippen LogP contribution is 2.38. The number of benzene rings is 2. The average molecular weight is 679 g/mol. The van der Waals surface area contributed by atoms with Crippen LogP contribution in [0, 0.1) is 5.92 Å². The third kappa shape index (κ3) is 7.10. The molecule has 0 N–H and O–H groups in total. The summed E-state index contributed by atoms with van der Waals surface area (Å²) in [7, 11) is 1.19. The van der Waals surface area contributed by atoms with E-state index in [-0.39, 0.29) is 35.1 Å². The average Bonchev–Trinajstić information content (AvgIpc) is 3.23. The minimum absolute atomic E-state index is 0.000362. The second-order valence-electron chi connectivity index (χ2n) is 12.2. The van der Waals surface area contributed by atoms with Crippen molar-refractivity contribution in [1.82, 2.24) is 14.4 Å². The molecular formula is C32H32ClF3N3O6S+. The molecule has 3 amide bonds. The molecule has 2 aromatic carbocycles. The summed E-state index contributed by atoms with van der Waals surface area (Å²) in [5.41, 5.74) is -0.783. The van der Waals surface area contributed by atoms with Gasteiger partial charge in [0.2, 0.25) is 5.36 Å². The van der Waals surface area contributed by atoms with Crippen molar-refractivity contribution in [3.63, 3.8) is 0 Å². The maximum Gasteiger partial charge on any atom is 0.416 e. The predicted molar refractivity (Wildman–Crippen MR) is 166 cm³/mol. The smallest absolute Gasteiger partial charge is 0.416 e. The van der Waals surface area contributed by atoms with Crippen LogP contribution in [0.1, 0.15) is 50.3 Å². The zero-order chi connectivity index (χ0) is 33.6. The first kappa shape index (κ1) is 33.5. The van der Waals surface area contributed by atoms with Crippen LogP contribution in [0.25, 0.3) is 12.3 Å². The van der Waals surface area contributed by atoms with Gasteiger partial charge >= 0.3 is 18.2 Å². The van der Waals surface area contributed by atoms with E-state index in [1.54, 1.807) is 55.8 Å². The number of rotatable bonds is 6. The van der Waals surface area contributed by atoms with E-state index >= 15 is 0 Å². The van der Waals surface area contributed by atoms with Gasteiger partial charge in [-0.3, -0.25) is 14.5 Å². The number of halogens is 4. The monoisotopic (exact) mass is 678 g/mol. The highest BCUT2D eigenvalue weighted by Gasteiger charge is 2.47. The van der Waals surface area contributed by atoms with E-state index in [4.69, 9.17) is 21.1 Å². The van der Waals surface area contributed by atoms with Crippen molar-refractivity contribution < 1.29 is 41.8 Å². The molecular weight excluding hydrogens is 647 g/mol. The minimum atomic E-state index is -4.55. The normalized spacial score (nSPS) is 18.7. The summed E-state index contributed by atoms with van der Waals surface area (Å²) in [4.78, 5) is 54.7. The number of piperidine rings is 1. The summed E-state index contributed by atoms with van der Waals surface area (Å²) in [5.74, 6) is -1.77. The number of ether oxygens (including phenoxy) is 2. The van der Waals surface area contributed by atoms with Crippen molar-refractivity contribution in [2.45, 2.75) is 58.0 Å². The fourth-order valence-electron chi connectivity index (χ4n) is 5.69. The number of hydrogen-bond donors (Lipinski definition) is 0. The van der Waals surface area contributed by atoms with Gasteiger partial charge in [0.1, 0.15) is 16.9 Å². The Labute approximate surface area is 272 Å². The number of esters is 1. The summed E-state index contributed by atoms with van der Waals surface area (Å²) in [6.45, 7) is 5.87. The second-order valence-corrected chi connectivity index (χ2v) is 13.6. The molecule has 9 nitrogen and oxygen atoms in total. The third-order valence-corrected chi connectivity index (χ3v) is 8.97. The van der Waals surface area contributed by atoms with Gasteiger partial charge in [-0.05, 0) is 87.2 Å². The molecule has 3 aliphatic heterocycles. The number of carbonyl (C=O) groups excluding carboxylic acids is 4. The second kappa shape index (κ2) is 12.7. The summed E-state index contributed by atoms with van der Waals surface area (Å²) in [6, 6.07) is 7.71. The number of nitrogens with zero attached hydrogens (tertiary/aromatic N) is 3. The Morgan fingerprint density at radius 3 is 2.41 bits per heavy atom. The molecule has 0 bridgehead atoms. The molecule has 244 valence electrons. The molecule has 2 saturated heterocycles. The SMILES string of the molecule is COC(=O)C(C1CCN(C(=O)OC(C)(C)C)CC1)N1C(=O)SC(=Cc2ccc3c(c2)=C[N+]=3Cc2ccc(Cl)cc2C(F)(F)F)C1=O. The quantitative estimate of drug-likeness (QED) is 0.240. The van der Waals surface area contributed by atoms with Crippen molar-refractivity contribution in [3.8, 4) is 0 Å². The van der Waals surface area contributed by atoms with Gasteiger partial charge in [0.25, 0.3) is 11.1 Å². The molecule has 1 atom stereocenters. The third-order valence-electron chi connectivity index (χ3n) is 7.85. The van der Waals surface area contributed by atoms with Gasteiger partial charge in [-0.25, -0.2) is 9.59 Å². The van der Waals surface area contributed by atoms with Crippen LogP contribution in [0.2, 0.25) is 5.02 Å². The lowest BCUT2D eigenvalue weighted by Crippen LogP contribution is -2.52. The first-order chi connectivity index (χ1) is 21.6. The van der Waals surface area contributed by atoms with Gasteiger partial charge < -0.3 is 14.4 Å². The number of thioether (sulfide) groups is 1. The van der Waals surface area contributed by atoms with Gasteiger partial charge in [-0.2, -0.15) is 17.7 Å². The molecule has 0 saturated carbocycles. The summed E-state index contributed by atoms with van der Waals surface area (Å²) in [6.07, 6.45) is -1.06. The molecule has 1 unspecified atom stereocenters. The highest BCUT2D eigenvalue weighted by molar-refractivity contribution is 8.18. The van der Waals surface area contributed by atoms with Gasteiger partial charge in [-0.15, -0.1) is 0 Å². The topological polar surface area (TPSA) is 96.2 Å². The van der Waals surface area contributed by atoms with Crippen molar-refractivity contribution in [3.05, 3.63) is 73.6 Å². The summed E-state index contributed by atoms with van der Waals surface area (Å²) < 4.78 is 52.8. The molecule has 2 aromatic rings. The molecule has 0 aliphatic carbocycles. The number of amides is 3. The van der Waals surface area contributed by atoms with E-state index in [1.165, 1.54) is 24.1 Å². The van der Waals surface area contributed by atoms with E-state index in [9.17, 15) is 32.3 Å². The Kier molecular flexibility index (Phi) is 9.29. The maximum atomic E-state index is 13.5. The van der Waals surface area contributed by atoms with Crippen molar-refractivity contribution in [2.24, 2.45) is 5.92 Å². The lowest BCUT2D eigenvalue weighted by Gasteiger charge is -2.37. The molecule has 3 aliphatic rings. The Balaban J connectivity index is 1.32.